The van der Waals surface area contributed by atoms with Gasteiger partial charge in [0.25, 0.3) is 11.8 Å². The number of imide groups is 1. The second kappa shape index (κ2) is 4.74. The molecule has 1 aromatic carbocycles. The Balaban J connectivity index is 1.79. The molecule has 3 rings (SSSR count). The maximum absolute atomic E-state index is 12.1. The molecule has 2 aliphatic rings. The molecule has 0 spiro atoms. The van der Waals surface area contributed by atoms with E-state index in [2.05, 4.69) is 4.31 Å². The number of rotatable bonds is 2. The van der Waals surface area contributed by atoms with Crippen LogP contribution >= 0.6 is 12.1 Å². The number of carbonyl (C=O) groups excluding carboxylic acids is 2. The van der Waals surface area contributed by atoms with E-state index >= 15 is 0 Å². The van der Waals surface area contributed by atoms with Gasteiger partial charge in [0.15, 0.2) is 0 Å². The third kappa shape index (κ3) is 1.93. The predicted octanol–water partition coefficient (Wildman–Crippen LogP) is 2.33. The zero-order valence-electron chi connectivity index (χ0n) is 9.96. The fourth-order valence-corrected chi connectivity index (χ4v) is 3.30. The summed E-state index contributed by atoms with van der Waals surface area (Å²) in [6.07, 6.45) is 3.51. The Bertz CT molecular complexity index is 463. The molecule has 1 fully saturated rings. The fraction of sp³-hybridized carbons (Fsp3) is 0.385. The van der Waals surface area contributed by atoms with Crippen LogP contribution in [0.25, 0.3) is 0 Å². The average molecular weight is 262 g/mol. The molecule has 0 radical (unpaired) electrons. The van der Waals surface area contributed by atoms with Crippen molar-refractivity contribution in [3.8, 4) is 0 Å². The summed E-state index contributed by atoms with van der Waals surface area (Å²) in [5, 5.41) is 0. The summed E-state index contributed by atoms with van der Waals surface area (Å²) in [7, 11) is 0. The van der Waals surface area contributed by atoms with Crippen LogP contribution in [-0.2, 0) is 0 Å². The predicted molar refractivity (Wildman–Crippen MR) is 70.0 cm³/mol. The fourth-order valence-electron chi connectivity index (χ4n) is 2.30. The van der Waals surface area contributed by atoms with Crippen LogP contribution in [0.2, 0.25) is 0 Å². The summed E-state index contributed by atoms with van der Waals surface area (Å²) in [5.74, 6) is -0.377. The zero-order valence-corrected chi connectivity index (χ0v) is 10.8. The van der Waals surface area contributed by atoms with Gasteiger partial charge in [0.2, 0.25) is 0 Å². The first kappa shape index (κ1) is 11.7. The van der Waals surface area contributed by atoms with Gasteiger partial charge in [0, 0.05) is 13.1 Å². The highest BCUT2D eigenvalue weighted by Gasteiger charge is 2.37. The molecule has 2 aliphatic heterocycles. The molecule has 0 aliphatic carbocycles. The first-order valence-electron chi connectivity index (χ1n) is 6.18. The van der Waals surface area contributed by atoms with Crippen molar-refractivity contribution in [1.29, 1.82) is 0 Å². The number of benzene rings is 1. The Morgan fingerprint density at radius 2 is 1.44 bits per heavy atom. The van der Waals surface area contributed by atoms with E-state index in [0.29, 0.717) is 11.1 Å². The molecular weight excluding hydrogens is 248 g/mol. The molecule has 0 N–H and O–H groups in total. The van der Waals surface area contributed by atoms with Gasteiger partial charge in [-0.3, -0.25) is 9.59 Å². The zero-order chi connectivity index (χ0) is 12.5. The van der Waals surface area contributed by atoms with Crippen LogP contribution in [0.4, 0.5) is 0 Å². The molecule has 0 unspecified atom stereocenters. The largest absolute Gasteiger partial charge is 0.272 e. The second-order valence-corrected chi connectivity index (χ2v) is 5.57. The summed E-state index contributed by atoms with van der Waals surface area (Å²) in [6, 6.07) is 7.01. The lowest BCUT2D eigenvalue weighted by molar-refractivity contribution is 0.0771. The molecular formula is C13H14N2O2S. The maximum atomic E-state index is 12.1. The lowest BCUT2D eigenvalue weighted by Gasteiger charge is -2.27. The Hall–Kier alpha value is -1.33. The Labute approximate surface area is 110 Å². The minimum Gasteiger partial charge on any atom is -0.268 e. The Morgan fingerprint density at radius 3 is 2.00 bits per heavy atom. The minimum absolute atomic E-state index is 0.189. The van der Waals surface area contributed by atoms with Crippen molar-refractivity contribution in [2.24, 2.45) is 0 Å². The molecule has 0 bridgehead atoms. The number of hydrogen-bond donors (Lipinski definition) is 0. The topological polar surface area (TPSA) is 40.6 Å². The van der Waals surface area contributed by atoms with Gasteiger partial charge in [-0.05, 0) is 25.0 Å². The lowest BCUT2D eigenvalue weighted by atomic mass is 10.1. The third-order valence-electron chi connectivity index (χ3n) is 3.27. The van der Waals surface area contributed by atoms with Gasteiger partial charge in [-0.15, -0.1) is 0 Å². The van der Waals surface area contributed by atoms with E-state index in [9.17, 15) is 9.59 Å². The summed E-state index contributed by atoms with van der Waals surface area (Å²) in [4.78, 5) is 24.3. The van der Waals surface area contributed by atoms with E-state index in [0.717, 1.165) is 25.9 Å². The van der Waals surface area contributed by atoms with Crippen LogP contribution < -0.4 is 0 Å². The number of fused-ring (bicyclic) bond motifs is 1. The maximum Gasteiger partial charge on any atom is 0.272 e. The van der Waals surface area contributed by atoms with Crippen molar-refractivity contribution in [3.63, 3.8) is 0 Å². The molecule has 0 saturated carbocycles. The molecule has 94 valence electrons. The smallest absolute Gasteiger partial charge is 0.268 e. The summed E-state index contributed by atoms with van der Waals surface area (Å²) in [6.45, 7) is 1.89. The summed E-state index contributed by atoms with van der Waals surface area (Å²) in [5.41, 5.74) is 1.04. The van der Waals surface area contributed by atoms with Crippen molar-refractivity contribution in [3.05, 3.63) is 35.4 Å². The van der Waals surface area contributed by atoms with Crippen molar-refractivity contribution in [2.45, 2.75) is 19.3 Å². The summed E-state index contributed by atoms with van der Waals surface area (Å²) >= 11 is 1.27. The molecule has 0 aromatic heterocycles. The van der Waals surface area contributed by atoms with Crippen molar-refractivity contribution in [2.75, 3.05) is 13.1 Å². The first-order valence-corrected chi connectivity index (χ1v) is 6.91. The van der Waals surface area contributed by atoms with Gasteiger partial charge < -0.3 is 0 Å². The first-order chi connectivity index (χ1) is 8.77. The van der Waals surface area contributed by atoms with Crippen molar-refractivity contribution < 1.29 is 9.59 Å². The second-order valence-electron chi connectivity index (χ2n) is 4.52. The molecule has 0 atom stereocenters. The van der Waals surface area contributed by atoms with Crippen molar-refractivity contribution >= 4 is 23.9 Å². The van der Waals surface area contributed by atoms with Crippen LogP contribution in [0.1, 0.15) is 40.0 Å². The van der Waals surface area contributed by atoms with Crippen LogP contribution in [0.15, 0.2) is 24.3 Å². The van der Waals surface area contributed by atoms with Gasteiger partial charge in [-0.2, -0.15) is 0 Å². The van der Waals surface area contributed by atoms with Crippen molar-refractivity contribution in [1.82, 2.24) is 8.61 Å². The highest BCUT2D eigenvalue weighted by molar-refractivity contribution is 7.95. The molecule has 4 nitrogen and oxygen atoms in total. The van der Waals surface area contributed by atoms with Gasteiger partial charge in [-0.1, -0.05) is 18.6 Å². The quantitative estimate of drug-likeness (QED) is 0.606. The number of hydrogen-bond acceptors (Lipinski definition) is 4. The van der Waals surface area contributed by atoms with Gasteiger partial charge in [0.05, 0.1) is 23.3 Å². The van der Waals surface area contributed by atoms with Gasteiger partial charge in [0.1, 0.15) is 0 Å². The van der Waals surface area contributed by atoms with Gasteiger partial charge >= 0.3 is 0 Å². The lowest BCUT2D eigenvalue weighted by Crippen LogP contribution is -2.32. The highest BCUT2D eigenvalue weighted by atomic mass is 32.2. The number of carbonyl (C=O) groups is 2. The number of nitrogens with zero attached hydrogens (tertiary/aromatic N) is 2. The van der Waals surface area contributed by atoms with Crippen LogP contribution in [0, 0.1) is 0 Å². The highest BCUT2D eigenvalue weighted by Crippen LogP contribution is 2.31. The van der Waals surface area contributed by atoms with E-state index < -0.39 is 0 Å². The van der Waals surface area contributed by atoms with E-state index in [4.69, 9.17) is 0 Å². The molecule has 2 amide bonds. The SMILES string of the molecule is O=C1c2ccccc2C(=O)N1SN1CCCCC1. The van der Waals surface area contributed by atoms with Gasteiger partial charge in [-0.25, -0.2) is 8.61 Å². The van der Waals surface area contributed by atoms with Crippen LogP contribution in [0.3, 0.4) is 0 Å². The van der Waals surface area contributed by atoms with E-state index in [-0.39, 0.29) is 11.8 Å². The molecule has 1 saturated heterocycles. The number of amides is 2. The minimum atomic E-state index is -0.189. The Morgan fingerprint density at radius 1 is 0.889 bits per heavy atom. The van der Waals surface area contributed by atoms with E-state index in [1.54, 1.807) is 24.3 Å². The summed E-state index contributed by atoms with van der Waals surface area (Å²) < 4.78 is 3.39. The normalized spacial score (nSPS) is 20.3. The standard InChI is InChI=1S/C13H14N2O2S/c16-12-10-6-2-3-7-11(10)13(17)15(12)18-14-8-4-1-5-9-14/h2-3,6-7H,1,4-5,8-9H2. The Kier molecular flexibility index (Phi) is 3.09. The van der Waals surface area contributed by atoms with E-state index in [1.165, 1.54) is 22.9 Å². The molecule has 18 heavy (non-hydrogen) atoms. The monoisotopic (exact) mass is 262 g/mol. The van der Waals surface area contributed by atoms with Crippen LogP contribution in [-0.4, -0.2) is 33.5 Å². The van der Waals surface area contributed by atoms with E-state index in [1.807, 2.05) is 0 Å². The molecule has 1 aromatic rings. The molecule has 5 heteroatoms. The third-order valence-corrected chi connectivity index (χ3v) is 4.36. The molecule has 2 heterocycles. The number of piperidine rings is 1. The average Bonchev–Trinajstić information content (AvgIpc) is 2.66. The van der Waals surface area contributed by atoms with Crippen LogP contribution in [0.5, 0.6) is 0 Å².